The quantitative estimate of drug-likeness (QED) is 0.437. The van der Waals surface area contributed by atoms with Gasteiger partial charge < -0.3 is 10.4 Å². The van der Waals surface area contributed by atoms with E-state index in [0.717, 1.165) is 11.1 Å². The van der Waals surface area contributed by atoms with Gasteiger partial charge in [0.05, 0.1) is 22.5 Å². The Bertz CT molecular complexity index is 1520. The first kappa shape index (κ1) is 24.6. The Morgan fingerprint density at radius 1 is 1.08 bits per heavy atom. The molecule has 11 heteroatoms. The number of aryl methyl sites for hydroxylation is 1. The molecule has 2 aromatic carbocycles. The number of carboxylic acids is 1. The number of halogens is 3. The van der Waals surface area contributed by atoms with Crippen LogP contribution in [0.1, 0.15) is 33.4 Å². The largest absolute Gasteiger partial charge is 0.490 e. The first-order valence-electron chi connectivity index (χ1n) is 10.7. The van der Waals surface area contributed by atoms with E-state index in [1.807, 2.05) is 55.5 Å². The van der Waals surface area contributed by atoms with Gasteiger partial charge in [0.15, 0.2) is 5.82 Å². The van der Waals surface area contributed by atoms with Crippen LogP contribution < -0.4 is 10.9 Å². The number of benzene rings is 2. The second kappa shape index (κ2) is 9.61. The van der Waals surface area contributed by atoms with Crippen LogP contribution >= 0.6 is 0 Å². The maximum atomic E-state index is 13.5. The third kappa shape index (κ3) is 4.95. The molecular formula is C25H19F3N4O4. The van der Waals surface area contributed by atoms with Crippen LogP contribution in [-0.4, -0.2) is 37.7 Å². The third-order valence-electron chi connectivity index (χ3n) is 5.43. The number of alkyl halides is 3. The summed E-state index contributed by atoms with van der Waals surface area (Å²) >= 11 is 0. The van der Waals surface area contributed by atoms with E-state index in [1.54, 1.807) is 18.3 Å². The third-order valence-corrected chi connectivity index (χ3v) is 5.43. The second-order valence-electron chi connectivity index (χ2n) is 8.02. The van der Waals surface area contributed by atoms with Gasteiger partial charge in [-0.05, 0) is 43.2 Å². The second-order valence-corrected chi connectivity index (χ2v) is 8.02. The van der Waals surface area contributed by atoms with Gasteiger partial charge in [-0.1, -0.05) is 42.0 Å². The van der Waals surface area contributed by atoms with Gasteiger partial charge in [0, 0.05) is 6.20 Å². The molecule has 2 aromatic heterocycles. The molecule has 0 fully saturated rings. The molecule has 3 heterocycles. The van der Waals surface area contributed by atoms with E-state index in [1.165, 1.54) is 4.57 Å². The number of aliphatic carboxylic acids is 1. The van der Waals surface area contributed by atoms with Crippen LogP contribution in [0, 0.1) is 6.92 Å². The van der Waals surface area contributed by atoms with E-state index in [9.17, 15) is 22.8 Å². The van der Waals surface area contributed by atoms with Gasteiger partial charge in [0.25, 0.3) is 11.5 Å². The molecular weight excluding hydrogens is 477 g/mol. The van der Waals surface area contributed by atoms with E-state index in [2.05, 4.69) is 10.3 Å². The Labute approximate surface area is 202 Å². The molecule has 1 aliphatic rings. The molecule has 4 aromatic rings. The molecule has 0 aliphatic carbocycles. The van der Waals surface area contributed by atoms with E-state index >= 15 is 0 Å². The maximum absolute atomic E-state index is 13.5. The van der Waals surface area contributed by atoms with Crippen molar-refractivity contribution in [2.45, 2.75) is 25.6 Å². The molecule has 184 valence electrons. The molecule has 0 radical (unpaired) electrons. The lowest BCUT2D eigenvalue weighted by atomic mass is 10.0. The van der Waals surface area contributed by atoms with Crippen molar-refractivity contribution in [2.75, 3.05) is 0 Å². The van der Waals surface area contributed by atoms with Crippen molar-refractivity contribution >= 4 is 22.8 Å². The number of pyridine rings is 1. The Morgan fingerprint density at radius 2 is 1.78 bits per heavy atom. The van der Waals surface area contributed by atoms with Crippen LogP contribution in [0.15, 0.2) is 71.7 Å². The van der Waals surface area contributed by atoms with E-state index in [0.29, 0.717) is 34.5 Å². The first-order valence-corrected chi connectivity index (χ1v) is 10.7. The highest BCUT2D eigenvalue weighted by molar-refractivity contribution is 5.98. The summed E-state index contributed by atoms with van der Waals surface area (Å²) in [6.45, 7) is 1.94. The highest BCUT2D eigenvalue weighted by Crippen LogP contribution is 2.26. The van der Waals surface area contributed by atoms with Crippen LogP contribution in [0.25, 0.3) is 16.7 Å². The zero-order valence-corrected chi connectivity index (χ0v) is 18.8. The molecule has 1 amide bonds. The summed E-state index contributed by atoms with van der Waals surface area (Å²) in [4.78, 5) is 44.5. The Morgan fingerprint density at radius 3 is 2.44 bits per heavy atom. The van der Waals surface area contributed by atoms with Crippen molar-refractivity contribution in [3.8, 4) is 5.82 Å². The lowest BCUT2D eigenvalue weighted by molar-refractivity contribution is -0.192. The molecule has 0 saturated heterocycles. The number of aromatic nitrogens is 3. The Balaban J connectivity index is 0.000000384. The van der Waals surface area contributed by atoms with Gasteiger partial charge >= 0.3 is 12.1 Å². The lowest BCUT2D eigenvalue weighted by Crippen LogP contribution is -2.32. The van der Waals surface area contributed by atoms with Crippen molar-refractivity contribution in [1.29, 1.82) is 0 Å². The summed E-state index contributed by atoms with van der Waals surface area (Å²) in [6, 6.07) is 18.4. The van der Waals surface area contributed by atoms with E-state index < -0.39 is 18.2 Å². The van der Waals surface area contributed by atoms with Crippen molar-refractivity contribution in [2.24, 2.45) is 0 Å². The summed E-state index contributed by atoms with van der Waals surface area (Å²) in [7, 11) is 0. The van der Waals surface area contributed by atoms with Crippen LogP contribution in [0.3, 0.4) is 0 Å². The summed E-state index contributed by atoms with van der Waals surface area (Å²) in [6.07, 6.45) is -2.98. The summed E-state index contributed by atoms with van der Waals surface area (Å²) in [5.74, 6) is -2.22. The number of hydrogen-bond acceptors (Lipinski definition) is 5. The molecule has 2 N–H and O–H groups in total. The highest BCUT2D eigenvalue weighted by Gasteiger charge is 2.38. The monoisotopic (exact) mass is 496 g/mol. The van der Waals surface area contributed by atoms with Crippen molar-refractivity contribution in [3.05, 3.63) is 99.7 Å². The van der Waals surface area contributed by atoms with Gasteiger partial charge in [-0.15, -0.1) is 0 Å². The molecule has 0 spiro atoms. The maximum Gasteiger partial charge on any atom is 0.490 e. The molecule has 0 saturated carbocycles. The molecule has 1 atom stereocenters. The Kier molecular flexibility index (Phi) is 6.56. The fourth-order valence-electron chi connectivity index (χ4n) is 3.80. The average Bonchev–Trinajstić information content (AvgIpc) is 2.95. The van der Waals surface area contributed by atoms with Gasteiger partial charge in [-0.3, -0.25) is 9.59 Å². The minimum absolute atomic E-state index is 0.219. The number of rotatable bonds is 2. The van der Waals surface area contributed by atoms with Gasteiger partial charge in [-0.2, -0.15) is 13.2 Å². The Hall–Kier alpha value is -4.54. The number of carbonyl (C=O) groups is 2. The van der Waals surface area contributed by atoms with Gasteiger partial charge in [0.1, 0.15) is 5.82 Å². The van der Waals surface area contributed by atoms with Crippen molar-refractivity contribution in [3.63, 3.8) is 0 Å². The number of nitrogens with zero attached hydrogens (tertiary/aromatic N) is 3. The SMILES string of the molecule is Cc1ccc2nc3n(c(=O)c2c1)-c1ncccc1C(=O)NC3Cc1ccccc1.O=C(O)C(F)(F)F. The van der Waals surface area contributed by atoms with Crippen LogP contribution in [-0.2, 0) is 11.2 Å². The number of carbonyl (C=O) groups excluding carboxylic acids is 1. The normalized spacial score (nSPS) is 14.6. The predicted molar refractivity (Wildman–Crippen MR) is 124 cm³/mol. The van der Waals surface area contributed by atoms with Gasteiger partial charge in [-0.25, -0.2) is 19.3 Å². The number of hydrogen-bond donors (Lipinski definition) is 2. The van der Waals surface area contributed by atoms with Gasteiger partial charge in [0.2, 0.25) is 0 Å². The number of fused-ring (bicyclic) bond motifs is 4. The van der Waals surface area contributed by atoms with E-state index in [4.69, 9.17) is 14.9 Å². The number of nitrogens with one attached hydrogen (secondary N) is 1. The summed E-state index contributed by atoms with van der Waals surface area (Å²) in [5, 5.41) is 10.7. The van der Waals surface area contributed by atoms with Crippen LogP contribution in [0.2, 0.25) is 0 Å². The fraction of sp³-hybridized carbons (Fsp3) is 0.160. The van der Waals surface area contributed by atoms with Crippen LogP contribution in [0.4, 0.5) is 13.2 Å². The molecule has 36 heavy (non-hydrogen) atoms. The predicted octanol–water partition coefficient (Wildman–Crippen LogP) is 3.75. The zero-order valence-electron chi connectivity index (χ0n) is 18.8. The molecule has 1 unspecified atom stereocenters. The fourth-order valence-corrected chi connectivity index (χ4v) is 3.80. The summed E-state index contributed by atoms with van der Waals surface area (Å²) < 4.78 is 33.2. The average molecular weight is 496 g/mol. The number of carboxylic acid groups (broad SMARTS) is 1. The highest BCUT2D eigenvalue weighted by atomic mass is 19.4. The molecule has 1 aliphatic heterocycles. The molecule has 5 rings (SSSR count). The molecule has 0 bridgehead atoms. The number of amides is 1. The smallest absolute Gasteiger partial charge is 0.475 e. The molecule has 8 nitrogen and oxygen atoms in total. The standard InChI is InChI=1S/C23H18N4O2.C2HF3O2/c1-14-9-10-18-17(12-14)23(29)27-20-16(8-5-11-24-20)22(28)26-19(21(27)25-18)13-15-6-3-2-4-7-15;3-2(4,5)1(6)7/h2-12,19H,13H2,1H3,(H,26,28);(H,6,7). The topological polar surface area (TPSA) is 114 Å². The summed E-state index contributed by atoms with van der Waals surface area (Å²) in [5.41, 5.74) is 2.77. The van der Waals surface area contributed by atoms with Crippen molar-refractivity contribution < 1.29 is 27.9 Å². The first-order chi connectivity index (χ1) is 17.1. The minimum Gasteiger partial charge on any atom is -0.475 e. The van der Waals surface area contributed by atoms with Crippen molar-refractivity contribution in [1.82, 2.24) is 19.9 Å². The lowest BCUT2D eigenvalue weighted by Gasteiger charge is -2.19. The van der Waals surface area contributed by atoms with Crippen LogP contribution in [0.5, 0.6) is 0 Å². The minimum atomic E-state index is -5.08. The van der Waals surface area contributed by atoms with E-state index in [-0.39, 0.29) is 11.5 Å². The zero-order chi connectivity index (χ0) is 26.0.